The standard InChI is InChI=1S/C17H24FN3O2.C2HF3O2/c1-20(2)17(22)19-14-11-21(15-4-3-9-23-16(14)15)10-12-5-7-13(18)8-6-12;3-2(4,5)1(6)7/h5-8,14-16H,3-4,9-11H2,1-2H3,(H,19,22);(H,6,7)/t14-,15-,16-;/m1./s1. The second-order valence-electron chi connectivity index (χ2n) is 7.35. The Morgan fingerprint density at radius 3 is 2.40 bits per heavy atom. The van der Waals surface area contributed by atoms with E-state index >= 15 is 0 Å². The first-order chi connectivity index (χ1) is 14.0. The Morgan fingerprint density at radius 2 is 1.87 bits per heavy atom. The monoisotopic (exact) mass is 435 g/mol. The fourth-order valence-corrected chi connectivity index (χ4v) is 3.48. The Labute approximate surface area is 171 Å². The molecule has 0 unspecified atom stereocenters. The molecule has 2 saturated heterocycles. The zero-order chi connectivity index (χ0) is 22.5. The number of carboxylic acid groups (broad SMARTS) is 1. The molecule has 2 amide bonds. The molecule has 0 saturated carbocycles. The number of hydrogen-bond acceptors (Lipinski definition) is 4. The van der Waals surface area contributed by atoms with Gasteiger partial charge in [0.2, 0.25) is 0 Å². The van der Waals surface area contributed by atoms with Crippen molar-refractivity contribution in [1.82, 2.24) is 15.1 Å². The predicted molar refractivity (Wildman–Crippen MR) is 99.3 cm³/mol. The number of halogens is 4. The van der Waals surface area contributed by atoms with E-state index in [1.54, 1.807) is 19.0 Å². The molecule has 2 aliphatic rings. The van der Waals surface area contributed by atoms with Crippen LogP contribution in [0.5, 0.6) is 0 Å². The number of aliphatic carboxylic acids is 1. The molecule has 2 N–H and O–H groups in total. The second-order valence-corrected chi connectivity index (χ2v) is 7.35. The lowest BCUT2D eigenvalue weighted by Crippen LogP contribution is -2.50. The van der Waals surface area contributed by atoms with Gasteiger partial charge >= 0.3 is 18.2 Å². The molecule has 0 bridgehead atoms. The molecular formula is C19H25F4N3O4. The van der Waals surface area contributed by atoms with Crippen LogP contribution < -0.4 is 5.32 Å². The maximum Gasteiger partial charge on any atom is 0.490 e. The molecule has 11 heteroatoms. The van der Waals surface area contributed by atoms with E-state index in [-0.39, 0.29) is 24.0 Å². The third-order valence-corrected chi connectivity index (χ3v) is 4.89. The number of rotatable bonds is 3. The summed E-state index contributed by atoms with van der Waals surface area (Å²) in [5.74, 6) is -2.97. The quantitative estimate of drug-likeness (QED) is 0.713. The predicted octanol–water partition coefficient (Wildman–Crippen LogP) is 2.46. The number of carbonyl (C=O) groups excluding carboxylic acids is 1. The van der Waals surface area contributed by atoms with Gasteiger partial charge in [-0.25, -0.2) is 14.0 Å². The Balaban J connectivity index is 0.000000396. The number of ether oxygens (including phenoxy) is 1. The van der Waals surface area contributed by atoms with E-state index in [1.165, 1.54) is 12.1 Å². The van der Waals surface area contributed by atoms with Crippen molar-refractivity contribution in [3.63, 3.8) is 0 Å². The molecule has 2 aliphatic heterocycles. The molecule has 1 aromatic rings. The first-order valence-electron chi connectivity index (χ1n) is 9.37. The summed E-state index contributed by atoms with van der Waals surface area (Å²) in [6, 6.07) is 6.83. The van der Waals surface area contributed by atoms with Gasteiger partial charge in [-0.2, -0.15) is 13.2 Å². The summed E-state index contributed by atoms with van der Waals surface area (Å²) in [6.45, 7) is 2.26. The molecule has 168 valence electrons. The lowest BCUT2D eigenvalue weighted by molar-refractivity contribution is -0.192. The van der Waals surface area contributed by atoms with Gasteiger partial charge in [0, 0.05) is 39.8 Å². The molecule has 30 heavy (non-hydrogen) atoms. The lowest BCUT2D eigenvalue weighted by atomic mass is 10.0. The Kier molecular flexibility index (Phi) is 8.02. The van der Waals surface area contributed by atoms with Gasteiger partial charge in [-0.05, 0) is 30.5 Å². The molecule has 7 nitrogen and oxygen atoms in total. The van der Waals surface area contributed by atoms with Gasteiger partial charge in [0.25, 0.3) is 0 Å². The zero-order valence-electron chi connectivity index (χ0n) is 16.7. The number of carbonyl (C=O) groups is 2. The SMILES string of the molecule is CN(C)C(=O)N[C@@H]1CN(Cc2ccc(F)cc2)[C@@H]2CCCO[C@@H]21.O=C(O)C(F)(F)F. The Bertz CT molecular complexity index is 727. The molecule has 2 heterocycles. The van der Waals surface area contributed by atoms with Crippen LogP contribution >= 0.6 is 0 Å². The van der Waals surface area contributed by atoms with Crippen molar-refractivity contribution in [3.8, 4) is 0 Å². The van der Waals surface area contributed by atoms with Crippen LogP contribution in [0.1, 0.15) is 18.4 Å². The number of carboxylic acids is 1. The van der Waals surface area contributed by atoms with Crippen molar-refractivity contribution in [1.29, 1.82) is 0 Å². The molecule has 0 aliphatic carbocycles. The minimum Gasteiger partial charge on any atom is -0.475 e. The molecule has 2 fully saturated rings. The third-order valence-electron chi connectivity index (χ3n) is 4.89. The molecule has 0 spiro atoms. The van der Waals surface area contributed by atoms with E-state index in [0.717, 1.165) is 38.1 Å². The van der Waals surface area contributed by atoms with Gasteiger partial charge in [0.1, 0.15) is 5.82 Å². The molecule has 1 aromatic carbocycles. The van der Waals surface area contributed by atoms with Gasteiger partial charge in [-0.15, -0.1) is 0 Å². The number of amides is 2. The number of hydrogen-bond donors (Lipinski definition) is 2. The van der Waals surface area contributed by atoms with E-state index in [2.05, 4.69) is 10.2 Å². The van der Waals surface area contributed by atoms with Crippen LogP contribution in [0.2, 0.25) is 0 Å². The van der Waals surface area contributed by atoms with Crippen LogP contribution in [0.3, 0.4) is 0 Å². The average Bonchev–Trinajstić information content (AvgIpc) is 3.01. The second kappa shape index (κ2) is 10.1. The van der Waals surface area contributed by atoms with Crippen LogP contribution in [0, 0.1) is 5.82 Å². The molecule has 3 atom stereocenters. The summed E-state index contributed by atoms with van der Waals surface area (Å²) >= 11 is 0. The van der Waals surface area contributed by atoms with Gasteiger partial charge < -0.3 is 20.1 Å². The van der Waals surface area contributed by atoms with Crippen molar-refractivity contribution >= 4 is 12.0 Å². The summed E-state index contributed by atoms with van der Waals surface area (Å²) in [4.78, 5) is 24.8. The van der Waals surface area contributed by atoms with E-state index in [9.17, 15) is 22.4 Å². The minimum absolute atomic E-state index is 0.00403. The molecule has 3 rings (SSSR count). The van der Waals surface area contributed by atoms with Crippen molar-refractivity contribution < 1.29 is 37.0 Å². The number of likely N-dealkylation sites (tertiary alicyclic amines) is 1. The largest absolute Gasteiger partial charge is 0.490 e. The lowest BCUT2D eigenvalue weighted by Gasteiger charge is -2.32. The third kappa shape index (κ3) is 6.56. The smallest absolute Gasteiger partial charge is 0.475 e. The van der Waals surface area contributed by atoms with Crippen molar-refractivity contribution in [3.05, 3.63) is 35.6 Å². The topological polar surface area (TPSA) is 82.1 Å². The van der Waals surface area contributed by atoms with Crippen molar-refractivity contribution in [2.24, 2.45) is 0 Å². The first-order valence-corrected chi connectivity index (χ1v) is 9.37. The summed E-state index contributed by atoms with van der Waals surface area (Å²) in [7, 11) is 3.47. The van der Waals surface area contributed by atoms with Crippen LogP contribution in [0.25, 0.3) is 0 Å². The minimum atomic E-state index is -5.08. The van der Waals surface area contributed by atoms with Crippen LogP contribution in [-0.4, -0.2) is 78.5 Å². The fourth-order valence-electron chi connectivity index (χ4n) is 3.48. The number of urea groups is 1. The number of nitrogens with one attached hydrogen (secondary N) is 1. The number of fused-ring (bicyclic) bond motifs is 1. The maximum absolute atomic E-state index is 13.1. The molecule has 0 aromatic heterocycles. The Hall–Kier alpha value is -2.40. The summed E-state index contributed by atoms with van der Waals surface area (Å²) in [6.07, 6.45) is -2.94. The highest BCUT2D eigenvalue weighted by Crippen LogP contribution is 2.30. The summed E-state index contributed by atoms with van der Waals surface area (Å²) in [5.41, 5.74) is 1.08. The van der Waals surface area contributed by atoms with Gasteiger partial charge in [0.15, 0.2) is 0 Å². The van der Waals surface area contributed by atoms with E-state index in [1.807, 2.05) is 12.1 Å². The van der Waals surface area contributed by atoms with Gasteiger partial charge in [-0.3, -0.25) is 4.90 Å². The zero-order valence-corrected chi connectivity index (χ0v) is 16.7. The maximum atomic E-state index is 13.1. The van der Waals surface area contributed by atoms with E-state index in [4.69, 9.17) is 14.6 Å². The average molecular weight is 435 g/mol. The van der Waals surface area contributed by atoms with E-state index < -0.39 is 12.1 Å². The summed E-state index contributed by atoms with van der Waals surface area (Å²) in [5, 5.41) is 10.2. The fraction of sp³-hybridized carbons (Fsp3) is 0.579. The van der Waals surface area contributed by atoms with Gasteiger partial charge in [0.05, 0.1) is 12.1 Å². The molecular weight excluding hydrogens is 410 g/mol. The number of benzene rings is 1. The molecule has 0 radical (unpaired) electrons. The highest BCUT2D eigenvalue weighted by Gasteiger charge is 2.44. The van der Waals surface area contributed by atoms with Crippen molar-refractivity contribution in [2.75, 3.05) is 27.2 Å². The van der Waals surface area contributed by atoms with Crippen LogP contribution in [0.4, 0.5) is 22.4 Å². The number of alkyl halides is 3. The van der Waals surface area contributed by atoms with E-state index in [0.29, 0.717) is 6.04 Å². The van der Waals surface area contributed by atoms with Crippen LogP contribution in [-0.2, 0) is 16.1 Å². The highest BCUT2D eigenvalue weighted by atomic mass is 19.4. The Morgan fingerprint density at radius 1 is 1.27 bits per heavy atom. The van der Waals surface area contributed by atoms with Crippen LogP contribution in [0.15, 0.2) is 24.3 Å². The van der Waals surface area contributed by atoms with Crippen molar-refractivity contribution in [2.45, 2.75) is 43.8 Å². The van der Waals surface area contributed by atoms with Gasteiger partial charge in [-0.1, -0.05) is 12.1 Å². The first kappa shape index (κ1) is 23.9. The number of nitrogens with zero attached hydrogens (tertiary/aromatic N) is 2. The summed E-state index contributed by atoms with van der Waals surface area (Å²) < 4.78 is 50.7. The highest BCUT2D eigenvalue weighted by molar-refractivity contribution is 5.74. The normalized spacial score (nSPS) is 23.7.